The summed E-state index contributed by atoms with van der Waals surface area (Å²) < 4.78 is 1.88. The third-order valence-corrected chi connectivity index (χ3v) is 4.71. The van der Waals surface area contributed by atoms with Crippen LogP contribution in [-0.4, -0.2) is 64.0 Å². The second-order valence-electron chi connectivity index (χ2n) is 6.15. The normalized spacial score (nSPS) is 20.0. The summed E-state index contributed by atoms with van der Waals surface area (Å²) in [6.45, 7) is 4.21. The number of aliphatic hydroxyl groups excluding tert-OH is 1. The topological polar surface area (TPSA) is 44.5 Å². The zero-order valence-electron chi connectivity index (χ0n) is 13.4. The Morgan fingerprint density at radius 2 is 2.04 bits per heavy atom. The lowest BCUT2D eigenvalue weighted by Crippen LogP contribution is -2.51. The van der Waals surface area contributed by atoms with E-state index in [1.54, 1.807) is 0 Å². The highest BCUT2D eigenvalue weighted by atomic mass is 35.5. The SMILES string of the molecule is CN1CCN(Cc2cnn(-c3ccc(Cl)cc3)c2)C[C@@H]1CCO. The molecule has 1 aromatic heterocycles. The number of benzene rings is 1. The van der Waals surface area contributed by atoms with Crippen LogP contribution in [0.4, 0.5) is 0 Å². The molecule has 0 aliphatic carbocycles. The van der Waals surface area contributed by atoms with Crippen molar-refractivity contribution in [3.63, 3.8) is 0 Å². The molecule has 1 aliphatic rings. The molecule has 2 heterocycles. The molecule has 1 saturated heterocycles. The van der Waals surface area contributed by atoms with Crippen LogP contribution < -0.4 is 0 Å². The van der Waals surface area contributed by atoms with E-state index >= 15 is 0 Å². The Labute approximate surface area is 142 Å². The molecule has 1 aliphatic heterocycles. The van der Waals surface area contributed by atoms with Crippen LogP contribution in [0, 0.1) is 0 Å². The first-order valence-corrected chi connectivity index (χ1v) is 8.36. The summed E-state index contributed by atoms with van der Waals surface area (Å²) >= 11 is 5.93. The molecule has 1 aromatic carbocycles. The standard InChI is InChI=1S/C17H23ClN4O/c1-20-7-8-21(13-17(20)6-9-23)11-14-10-19-22(12-14)16-4-2-15(18)3-5-16/h2-5,10,12,17,23H,6-9,11,13H2,1H3/t17-/m0/s1. The number of likely N-dealkylation sites (N-methyl/N-ethyl adjacent to an activating group) is 1. The second kappa shape index (κ2) is 7.45. The third-order valence-electron chi connectivity index (χ3n) is 4.46. The highest BCUT2D eigenvalue weighted by Crippen LogP contribution is 2.16. The molecule has 6 heteroatoms. The van der Waals surface area contributed by atoms with Crippen LogP contribution in [0.25, 0.3) is 5.69 Å². The molecule has 5 nitrogen and oxygen atoms in total. The predicted octanol–water partition coefficient (Wildman–Crippen LogP) is 2.02. The molecule has 1 atom stereocenters. The number of halogens is 1. The van der Waals surface area contributed by atoms with E-state index in [2.05, 4.69) is 28.1 Å². The second-order valence-corrected chi connectivity index (χ2v) is 6.59. The summed E-state index contributed by atoms with van der Waals surface area (Å²) in [6, 6.07) is 8.11. The number of nitrogens with zero attached hydrogens (tertiary/aromatic N) is 4. The van der Waals surface area contributed by atoms with E-state index in [-0.39, 0.29) is 6.61 Å². The van der Waals surface area contributed by atoms with Crippen molar-refractivity contribution in [2.45, 2.75) is 19.0 Å². The van der Waals surface area contributed by atoms with E-state index in [0.29, 0.717) is 6.04 Å². The van der Waals surface area contributed by atoms with Crippen molar-refractivity contribution in [3.05, 3.63) is 47.2 Å². The lowest BCUT2D eigenvalue weighted by molar-refractivity contribution is 0.0743. The molecule has 3 rings (SSSR count). The van der Waals surface area contributed by atoms with E-state index in [0.717, 1.165) is 43.3 Å². The molecule has 1 fully saturated rings. The van der Waals surface area contributed by atoms with Crippen LogP contribution in [0.15, 0.2) is 36.7 Å². The summed E-state index contributed by atoms with van der Waals surface area (Å²) in [5, 5.41) is 14.4. The number of rotatable bonds is 5. The fourth-order valence-electron chi connectivity index (χ4n) is 3.05. The van der Waals surface area contributed by atoms with Gasteiger partial charge in [-0.3, -0.25) is 4.90 Å². The van der Waals surface area contributed by atoms with Crippen molar-refractivity contribution in [1.29, 1.82) is 0 Å². The summed E-state index contributed by atoms with van der Waals surface area (Å²) in [7, 11) is 2.14. The maximum Gasteiger partial charge on any atom is 0.0646 e. The summed E-state index contributed by atoms with van der Waals surface area (Å²) in [4.78, 5) is 4.77. The Morgan fingerprint density at radius 3 is 2.78 bits per heavy atom. The number of aliphatic hydroxyl groups is 1. The molecule has 0 bridgehead atoms. The van der Waals surface area contributed by atoms with Gasteiger partial charge in [-0.1, -0.05) is 11.6 Å². The average molecular weight is 335 g/mol. The maximum absolute atomic E-state index is 9.19. The monoisotopic (exact) mass is 334 g/mol. The highest BCUT2D eigenvalue weighted by Gasteiger charge is 2.23. The number of hydrogen-bond donors (Lipinski definition) is 1. The molecule has 1 N–H and O–H groups in total. The van der Waals surface area contributed by atoms with E-state index in [1.807, 2.05) is 35.1 Å². The highest BCUT2D eigenvalue weighted by molar-refractivity contribution is 6.30. The minimum atomic E-state index is 0.247. The van der Waals surface area contributed by atoms with E-state index in [4.69, 9.17) is 11.6 Å². The zero-order valence-corrected chi connectivity index (χ0v) is 14.2. The van der Waals surface area contributed by atoms with Gasteiger partial charge in [0.25, 0.3) is 0 Å². The predicted molar refractivity (Wildman–Crippen MR) is 92.0 cm³/mol. The Morgan fingerprint density at radius 1 is 1.26 bits per heavy atom. The van der Waals surface area contributed by atoms with Gasteiger partial charge in [-0.05, 0) is 37.7 Å². The first-order valence-electron chi connectivity index (χ1n) is 7.98. The van der Waals surface area contributed by atoms with Gasteiger partial charge in [0.1, 0.15) is 0 Å². The number of piperazine rings is 1. The third kappa shape index (κ3) is 4.12. The van der Waals surface area contributed by atoms with Crippen LogP contribution in [0.1, 0.15) is 12.0 Å². The molecule has 2 aromatic rings. The maximum atomic E-state index is 9.19. The largest absolute Gasteiger partial charge is 0.396 e. The van der Waals surface area contributed by atoms with Crippen LogP contribution in [0.3, 0.4) is 0 Å². The van der Waals surface area contributed by atoms with E-state index in [9.17, 15) is 5.11 Å². The summed E-state index contributed by atoms with van der Waals surface area (Å²) in [5.74, 6) is 0. The van der Waals surface area contributed by atoms with Crippen molar-refractivity contribution in [2.75, 3.05) is 33.3 Å². The Balaban J connectivity index is 1.63. The van der Waals surface area contributed by atoms with Crippen LogP contribution in [-0.2, 0) is 6.54 Å². The minimum Gasteiger partial charge on any atom is -0.396 e. The zero-order chi connectivity index (χ0) is 16.2. The molecule has 0 amide bonds. The fourth-order valence-corrected chi connectivity index (χ4v) is 3.18. The van der Waals surface area contributed by atoms with Crippen molar-refractivity contribution in [3.8, 4) is 5.69 Å². The van der Waals surface area contributed by atoms with Gasteiger partial charge in [0.05, 0.1) is 11.9 Å². The molecule has 124 valence electrons. The molecule has 0 unspecified atom stereocenters. The van der Waals surface area contributed by atoms with Gasteiger partial charge >= 0.3 is 0 Å². The average Bonchev–Trinajstić information content (AvgIpc) is 3.00. The van der Waals surface area contributed by atoms with Gasteiger partial charge in [0.2, 0.25) is 0 Å². The molecule has 23 heavy (non-hydrogen) atoms. The van der Waals surface area contributed by atoms with Gasteiger partial charge in [-0.15, -0.1) is 0 Å². The minimum absolute atomic E-state index is 0.247. The Bertz CT molecular complexity index is 628. The molecule has 0 spiro atoms. The Kier molecular flexibility index (Phi) is 5.33. The lowest BCUT2D eigenvalue weighted by atomic mass is 10.1. The van der Waals surface area contributed by atoms with Crippen molar-refractivity contribution < 1.29 is 5.11 Å². The quantitative estimate of drug-likeness (QED) is 0.908. The van der Waals surface area contributed by atoms with Gasteiger partial charge in [-0.2, -0.15) is 5.10 Å². The first kappa shape index (κ1) is 16.5. The lowest BCUT2D eigenvalue weighted by Gasteiger charge is -2.39. The number of aromatic nitrogens is 2. The first-order chi connectivity index (χ1) is 11.2. The fraction of sp³-hybridized carbons (Fsp3) is 0.471. The molecular formula is C17H23ClN4O. The van der Waals surface area contributed by atoms with Crippen molar-refractivity contribution in [2.24, 2.45) is 0 Å². The molecule has 0 radical (unpaired) electrons. The van der Waals surface area contributed by atoms with Crippen LogP contribution >= 0.6 is 11.6 Å². The number of hydrogen-bond acceptors (Lipinski definition) is 4. The van der Waals surface area contributed by atoms with Crippen molar-refractivity contribution in [1.82, 2.24) is 19.6 Å². The summed E-state index contributed by atoms with van der Waals surface area (Å²) in [6.07, 6.45) is 4.83. The van der Waals surface area contributed by atoms with Crippen molar-refractivity contribution >= 4 is 11.6 Å². The molecule has 0 saturated carbocycles. The van der Waals surface area contributed by atoms with Gasteiger partial charge in [0.15, 0.2) is 0 Å². The van der Waals surface area contributed by atoms with E-state index in [1.165, 1.54) is 5.56 Å². The Hall–Kier alpha value is -1.40. The van der Waals surface area contributed by atoms with Crippen LogP contribution in [0.5, 0.6) is 0 Å². The smallest absolute Gasteiger partial charge is 0.0646 e. The van der Waals surface area contributed by atoms with Gasteiger partial charge < -0.3 is 10.0 Å². The van der Waals surface area contributed by atoms with Gasteiger partial charge in [0, 0.05) is 55.6 Å². The van der Waals surface area contributed by atoms with E-state index < -0.39 is 0 Å². The summed E-state index contributed by atoms with van der Waals surface area (Å²) in [5.41, 5.74) is 2.21. The van der Waals surface area contributed by atoms with Gasteiger partial charge in [-0.25, -0.2) is 4.68 Å². The molecular weight excluding hydrogens is 312 g/mol. The van der Waals surface area contributed by atoms with Crippen LogP contribution in [0.2, 0.25) is 5.02 Å².